The van der Waals surface area contributed by atoms with E-state index in [1.807, 2.05) is 0 Å². The Morgan fingerprint density at radius 3 is 2.00 bits per heavy atom. The molecule has 1 rings (SSSR count). The molecule has 0 aromatic carbocycles. The molecule has 0 heterocycles. The first-order valence-electron chi connectivity index (χ1n) is 5.00. The zero-order chi connectivity index (χ0) is 9.36. The molecule has 0 saturated carbocycles. The molecule has 1 unspecified atom stereocenters. The van der Waals surface area contributed by atoms with E-state index in [2.05, 4.69) is 36.5 Å². The number of hydrogen-bond acceptors (Lipinski definition) is 0. The average Bonchev–Trinajstić information content (AvgIpc) is 2.11. The molecular weight excluding hydrogens is 180 g/mol. The lowest BCUT2D eigenvalue weighted by atomic mass is 10.1. The van der Waals surface area contributed by atoms with Crippen molar-refractivity contribution in [2.45, 2.75) is 37.5 Å². The highest BCUT2D eigenvalue weighted by molar-refractivity contribution is 6.21. The van der Waals surface area contributed by atoms with Crippen molar-refractivity contribution in [3.05, 3.63) is 36.5 Å². The van der Waals surface area contributed by atoms with Gasteiger partial charge in [0.2, 0.25) is 0 Å². The zero-order valence-electron chi connectivity index (χ0n) is 7.95. The summed E-state index contributed by atoms with van der Waals surface area (Å²) in [7, 11) is 0. The van der Waals surface area contributed by atoms with Gasteiger partial charge in [0.05, 0.1) is 5.38 Å². The van der Waals surface area contributed by atoms with E-state index < -0.39 is 0 Å². The Hall–Kier alpha value is -0.490. The Labute approximate surface area is 86.0 Å². The maximum absolute atomic E-state index is 6.06. The van der Waals surface area contributed by atoms with Crippen LogP contribution in [0.5, 0.6) is 0 Å². The number of hydrogen-bond donors (Lipinski definition) is 0. The van der Waals surface area contributed by atoms with E-state index in [1.54, 1.807) is 0 Å². The molecule has 0 amide bonds. The van der Waals surface area contributed by atoms with Crippen LogP contribution < -0.4 is 0 Å². The molecule has 13 heavy (non-hydrogen) atoms. The van der Waals surface area contributed by atoms with Gasteiger partial charge in [-0.1, -0.05) is 36.5 Å². The minimum Gasteiger partial charge on any atom is -0.118 e. The molecule has 0 saturated heterocycles. The van der Waals surface area contributed by atoms with Gasteiger partial charge in [0.15, 0.2) is 0 Å². The van der Waals surface area contributed by atoms with Crippen LogP contribution in [0.15, 0.2) is 36.5 Å². The van der Waals surface area contributed by atoms with Crippen LogP contribution in [0.4, 0.5) is 0 Å². The standard InChI is InChI=1S/C12H17Cl/c13-12-10-8-6-4-2-1-3-5-7-9-11-12/h1-2,7-10,12H,3-6,11H2. The molecule has 0 radical (unpaired) electrons. The van der Waals surface area contributed by atoms with Crippen LogP contribution in [0.1, 0.15) is 32.1 Å². The van der Waals surface area contributed by atoms with Crippen molar-refractivity contribution >= 4 is 11.6 Å². The zero-order valence-corrected chi connectivity index (χ0v) is 8.71. The van der Waals surface area contributed by atoms with Gasteiger partial charge < -0.3 is 0 Å². The smallest absolute Gasteiger partial charge is 0.0550 e. The topological polar surface area (TPSA) is 0 Å². The predicted octanol–water partition coefficient (Wildman–Crippen LogP) is 4.23. The van der Waals surface area contributed by atoms with E-state index >= 15 is 0 Å². The molecule has 0 N–H and O–H groups in total. The highest BCUT2D eigenvalue weighted by atomic mass is 35.5. The van der Waals surface area contributed by atoms with Crippen molar-refractivity contribution in [1.82, 2.24) is 0 Å². The minimum atomic E-state index is 0.180. The van der Waals surface area contributed by atoms with E-state index in [0.29, 0.717) is 0 Å². The van der Waals surface area contributed by atoms with Gasteiger partial charge in [-0.15, -0.1) is 11.6 Å². The second-order valence-corrected chi connectivity index (χ2v) is 3.84. The molecule has 0 bridgehead atoms. The van der Waals surface area contributed by atoms with Crippen LogP contribution in [0.2, 0.25) is 0 Å². The first-order valence-corrected chi connectivity index (χ1v) is 5.44. The Kier molecular flexibility index (Phi) is 5.67. The summed E-state index contributed by atoms with van der Waals surface area (Å²) in [6.45, 7) is 0. The fourth-order valence-corrected chi connectivity index (χ4v) is 1.49. The monoisotopic (exact) mass is 196 g/mol. The van der Waals surface area contributed by atoms with E-state index in [1.165, 1.54) is 0 Å². The molecule has 72 valence electrons. The fraction of sp³-hybridized carbons (Fsp3) is 0.500. The van der Waals surface area contributed by atoms with Crippen molar-refractivity contribution in [3.8, 4) is 0 Å². The number of rotatable bonds is 0. The summed E-state index contributed by atoms with van der Waals surface area (Å²) in [5, 5.41) is 0.180. The van der Waals surface area contributed by atoms with Crippen LogP contribution in [0, 0.1) is 0 Å². The van der Waals surface area contributed by atoms with Crippen LogP contribution >= 0.6 is 11.6 Å². The van der Waals surface area contributed by atoms with Gasteiger partial charge in [-0.25, -0.2) is 0 Å². The van der Waals surface area contributed by atoms with E-state index in [-0.39, 0.29) is 5.38 Å². The van der Waals surface area contributed by atoms with E-state index in [4.69, 9.17) is 11.6 Å². The summed E-state index contributed by atoms with van der Waals surface area (Å²) in [4.78, 5) is 0. The van der Waals surface area contributed by atoms with Gasteiger partial charge in [-0.2, -0.15) is 0 Å². The fourth-order valence-electron chi connectivity index (χ4n) is 1.29. The Morgan fingerprint density at radius 1 is 0.769 bits per heavy atom. The second kappa shape index (κ2) is 6.97. The Balaban J connectivity index is 2.41. The average molecular weight is 197 g/mol. The number of halogens is 1. The molecule has 0 nitrogen and oxygen atoms in total. The molecule has 0 aromatic heterocycles. The lowest BCUT2D eigenvalue weighted by Gasteiger charge is -1.99. The summed E-state index contributed by atoms with van der Waals surface area (Å²) < 4.78 is 0. The highest BCUT2D eigenvalue weighted by Gasteiger charge is 1.94. The van der Waals surface area contributed by atoms with Crippen molar-refractivity contribution in [3.63, 3.8) is 0 Å². The summed E-state index contributed by atoms with van der Waals surface area (Å²) in [6, 6.07) is 0. The van der Waals surface area contributed by atoms with Gasteiger partial charge >= 0.3 is 0 Å². The summed E-state index contributed by atoms with van der Waals surface area (Å²) >= 11 is 6.06. The van der Waals surface area contributed by atoms with E-state index in [0.717, 1.165) is 32.1 Å². The van der Waals surface area contributed by atoms with Crippen molar-refractivity contribution in [1.29, 1.82) is 0 Å². The maximum Gasteiger partial charge on any atom is 0.0550 e. The summed E-state index contributed by atoms with van der Waals surface area (Å²) in [6.07, 6.45) is 18.7. The first kappa shape index (κ1) is 10.6. The number of alkyl halides is 1. The van der Waals surface area contributed by atoms with Crippen molar-refractivity contribution < 1.29 is 0 Å². The Bertz CT molecular complexity index is 201. The normalized spacial score (nSPS) is 25.2. The molecular formula is C12H17Cl. The summed E-state index contributed by atoms with van der Waals surface area (Å²) in [5.74, 6) is 0. The van der Waals surface area contributed by atoms with Crippen LogP contribution in [0.3, 0.4) is 0 Å². The third-order valence-corrected chi connectivity index (χ3v) is 2.36. The maximum atomic E-state index is 6.06. The molecule has 0 aliphatic heterocycles. The molecule has 1 aliphatic rings. The quantitative estimate of drug-likeness (QED) is 0.402. The molecule has 1 heteroatoms. The van der Waals surface area contributed by atoms with Gasteiger partial charge in [0.1, 0.15) is 0 Å². The van der Waals surface area contributed by atoms with Crippen molar-refractivity contribution in [2.75, 3.05) is 0 Å². The van der Waals surface area contributed by atoms with Crippen molar-refractivity contribution in [2.24, 2.45) is 0 Å². The second-order valence-electron chi connectivity index (χ2n) is 3.28. The minimum absolute atomic E-state index is 0.180. The van der Waals surface area contributed by atoms with Gasteiger partial charge in [0, 0.05) is 0 Å². The van der Waals surface area contributed by atoms with Crippen LogP contribution in [-0.4, -0.2) is 5.38 Å². The SMILES string of the molecule is ClC1C=CCCC=CCCC=CC1. The third kappa shape index (κ3) is 5.70. The largest absolute Gasteiger partial charge is 0.118 e. The van der Waals surface area contributed by atoms with E-state index in [9.17, 15) is 0 Å². The molecule has 0 aromatic rings. The first-order chi connectivity index (χ1) is 6.39. The molecule has 1 aliphatic carbocycles. The summed E-state index contributed by atoms with van der Waals surface area (Å²) in [5.41, 5.74) is 0. The Morgan fingerprint density at radius 2 is 1.31 bits per heavy atom. The van der Waals surface area contributed by atoms with Gasteiger partial charge in [-0.05, 0) is 32.1 Å². The molecule has 1 atom stereocenters. The van der Waals surface area contributed by atoms with Crippen LogP contribution in [-0.2, 0) is 0 Å². The van der Waals surface area contributed by atoms with Gasteiger partial charge in [-0.3, -0.25) is 0 Å². The lowest BCUT2D eigenvalue weighted by molar-refractivity contribution is 0.965. The predicted molar refractivity (Wildman–Crippen MR) is 60.1 cm³/mol. The van der Waals surface area contributed by atoms with Gasteiger partial charge in [0.25, 0.3) is 0 Å². The molecule has 0 fully saturated rings. The highest BCUT2D eigenvalue weighted by Crippen LogP contribution is 2.08. The molecule has 0 spiro atoms. The third-order valence-electron chi connectivity index (χ3n) is 2.04. The van der Waals surface area contributed by atoms with Crippen LogP contribution in [0.25, 0.3) is 0 Å². The number of allylic oxidation sites excluding steroid dienone is 6. The lowest BCUT2D eigenvalue weighted by Crippen LogP contribution is -1.89.